The third kappa shape index (κ3) is 6.06. The van der Waals surface area contributed by atoms with E-state index in [0.29, 0.717) is 24.2 Å². The van der Waals surface area contributed by atoms with Gasteiger partial charge in [-0.2, -0.15) is 0 Å². The molecule has 1 fully saturated rings. The van der Waals surface area contributed by atoms with Crippen molar-refractivity contribution in [3.63, 3.8) is 0 Å². The molecule has 2 rings (SSSR count). The molecule has 0 radical (unpaired) electrons. The number of esters is 1. The Labute approximate surface area is 195 Å². The average Bonchev–Trinajstić information content (AvgIpc) is 3.01. The Balaban J connectivity index is 2.17. The minimum Gasteiger partial charge on any atom is -0.481 e. The molecule has 0 heterocycles. The largest absolute Gasteiger partial charge is 0.481 e. The van der Waals surface area contributed by atoms with Crippen molar-refractivity contribution in [2.75, 3.05) is 0 Å². The Morgan fingerprint density at radius 1 is 1.30 bits per heavy atom. The SMILES string of the molecule is C=C(C=O)C[C@H]1C(=O)C=C2[C@@H](OC(=O)/C=C/C=C/C(C)=C/[C@H](C)CC)CC[C@@H](C(=O)O)[C@@]21C. The maximum Gasteiger partial charge on any atom is 0.331 e. The van der Waals surface area contributed by atoms with Gasteiger partial charge >= 0.3 is 11.9 Å². The number of allylic oxidation sites excluding steroid dienone is 7. The van der Waals surface area contributed by atoms with Crippen LogP contribution in [0.3, 0.4) is 0 Å². The summed E-state index contributed by atoms with van der Waals surface area (Å²) in [5, 5.41) is 9.81. The van der Waals surface area contributed by atoms with Crippen molar-refractivity contribution in [2.45, 2.75) is 59.5 Å². The summed E-state index contributed by atoms with van der Waals surface area (Å²) in [5.41, 5.74) is 0.807. The summed E-state index contributed by atoms with van der Waals surface area (Å²) < 4.78 is 5.64. The number of aldehydes is 1. The first-order valence-electron chi connectivity index (χ1n) is 11.4. The zero-order chi connectivity index (χ0) is 24.8. The fourth-order valence-electron chi connectivity index (χ4n) is 4.83. The summed E-state index contributed by atoms with van der Waals surface area (Å²) in [5.74, 6) is -2.87. The first kappa shape index (κ1) is 26.2. The van der Waals surface area contributed by atoms with Gasteiger partial charge < -0.3 is 9.84 Å². The molecule has 0 aromatic heterocycles. The van der Waals surface area contributed by atoms with Crippen molar-refractivity contribution >= 4 is 24.0 Å². The molecule has 6 heteroatoms. The number of carboxylic acid groups (broad SMARTS) is 1. The molecule has 2 aliphatic rings. The lowest BCUT2D eigenvalue weighted by Crippen LogP contribution is -2.47. The van der Waals surface area contributed by atoms with E-state index in [1.807, 2.05) is 13.0 Å². The number of hydrogen-bond donors (Lipinski definition) is 1. The van der Waals surface area contributed by atoms with Crippen LogP contribution in [0.4, 0.5) is 0 Å². The second-order valence-corrected chi connectivity index (χ2v) is 9.23. The molecule has 0 spiro atoms. The molecule has 1 saturated carbocycles. The van der Waals surface area contributed by atoms with Crippen molar-refractivity contribution < 1.29 is 29.0 Å². The summed E-state index contributed by atoms with van der Waals surface area (Å²) in [6, 6.07) is 0. The minimum atomic E-state index is -1.04. The third-order valence-corrected chi connectivity index (χ3v) is 6.86. The monoisotopic (exact) mass is 454 g/mol. The second kappa shape index (κ2) is 11.2. The number of aliphatic carboxylic acids is 1. The number of ketones is 1. The van der Waals surface area contributed by atoms with Crippen LogP contribution in [0.2, 0.25) is 0 Å². The van der Waals surface area contributed by atoms with Crippen LogP contribution in [-0.4, -0.2) is 35.2 Å². The Kier molecular flexibility index (Phi) is 8.91. The first-order valence-corrected chi connectivity index (χ1v) is 11.4. The van der Waals surface area contributed by atoms with Crippen molar-refractivity contribution in [3.8, 4) is 0 Å². The van der Waals surface area contributed by atoms with Crippen LogP contribution in [0.25, 0.3) is 0 Å². The third-order valence-electron chi connectivity index (χ3n) is 6.86. The molecule has 2 aliphatic carbocycles. The summed E-state index contributed by atoms with van der Waals surface area (Å²) in [6.45, 7) is 11.6. The van der Waals surface area contributed by atoms with Crippen molar-refractivity contribution in [1.82, 2.24) is 0 Å². The Morgan fingerprint density at radius 3 is 2.58 bits per heavy atom. The van der Waals surface area contributed by atoms with Gasteiger partial charge in [0.25, 0.3) is 0 Å². The standard InChI is InChI=1S/C27H34O6/c1-6-17(2)13-18(3)9-7-8-10-25(30)33-24-12-11-20(26(31)32)27(5)21(14-19(4)16-28)23(29)15-22(24)27/h7-10,13,15-17,20-21,24H,4,6,11-12,14H2,1-3,5H3,(H,31,32)/b9-7+,10-8+,18-13+/t17-,20+,21+,24+,27-/m1/s1. The predicted molar refractivity (Wildman–Crippen MR) is 126 cm³/mol. The molecule has 0 unspecified atom stereocenters. The van der Waals surface area contributed by atoms with Crippen LogP contribution in [-0.2, 0) is 23.9 Å². The van der Waals surface area contributed by atoms with E-state index in [2.05, 4.69) is 26.5 Å². The molecule has 0 amide bonds. The van der Waals surface area contributed by atoms with Gasteiger partial charge in [0, 0.05) is 17.4 Å². The molecule has 6 nitrogen and oxygen atoms in total. The van der Waals surface area contributed by atoms with Gasteiger partial charge in [-0.3, -0.25) is 14.4 Å². The van der Waals surface area contributed by atoms with Gasteiger partial charge in [-0.25, -0.2) is 4.79 Å². The molecule has 0 aromatic carbocycles. The molecular formula is C27H34O6. The van der Waals surface area contributed by atoms with Crippen LogP contribution >= 0.6 is 0 Å². The molecule has 0 aliphatic heterocycles. The Morgan fingerprint density at radius 2 is 1.97 bits per heavy atom. The van der Waals surface area contributed by atoms with Crippen LogP contribution in [0, 0.1) is 23.2 Å². The first-order chi connectivity index (χ1) is 15.5. The number of rotatable bonds is 10. The Hall–Kier alpha value is -3.02. The number of carbonyl (C=O) groups excluding carboxylic acids is 3. The van der Waals surface area contributed by atoms with Crippen LogP contribution in [0.15, 0.2) is 59.8 Å². The second-order valence-electron chi connectivity index (χ2n) is 9.23. The number of carboxylic acids is 1. The molecular weight excluding hydrogens is 420 g/mol. The van der Waals surface area contributed by atoms with Gasteiger partial charge in [0.15, 0.2) is 5.78 Å². The highest BCUT2D eigenvalue weighted by Gasteiger charge is 2.58. The summed E-state index contributed by atoms with van der Waals surface area (Å²) in [6.07, 6.45) is 11.8. The molecule has 0 saturated heterocycles. The zero-order valence-corrected chi connectivity index (χ0v) is 19.9. The smallest absolute Gasteiger partial charge is 0.331 e. The van der Waals surface area contributed by atoms with E-state index in [9.17, 15) is 24.3 Å². The lowest BCUT2D eigenvalue weighted by atomic mass is 9.59. The van der Waals surface area contributed by atoms with Gasteiger partial charge in [0.05, 0.1) is 5.92 Å². The van der Waals surface area contributed by atoms with E-state index in [-0.39, 0.29) is 24.2 Å². The van der Waals surface area contributed by atoms with E-state index in [0.717, 1.165) is 12.0 Å². The molecule has 178 valence electrons. The molecule has 5 atom stereocenters. The quantitative estimate of drug-likeness (QED) is 0.221. The number of carbonyl (C=O) groups is 4. The molecule has 0 aromatic rings. The highest BCUT2D eigenvalue weighted by Crippen LogP contribution is 2.56. The van der Waals surface area contributed by atoms with Crippen LogP contribution in [0.1, 0.15) is 53.4 Å². The highest BCUT2D eigenvalue weighted by molar-refractivity contribution is 5.99. The van der Waals surface area contributed by atoms with Crippen molar-refractivity contribution in [3.05, 3.63) is 59.8 Å². The van der Waals surface area contributed by atoms with E-state index >= 15 is 0 Å². The fourth-order valence-corrected chi connectivity index (χ4v) is 4.83. The van der Waals surface area contributed by atoms with Crippen LogP contribution in [0.5, 0.6) is 0 Å². The maximum absolute atomic E-state index is 12.8. The average molecular weight is 455 g/mol. The van der Waals surface area contributed by atoms with Crippen LogP contribution < -0.4 is 0 Å². The molecule has 33 heavy (non-hydrogen) atoms. The number of fused-ring (bicyclic) bond motifs is 1. The van der Waals surface area contributed by atoms with E-state index in [1.54, 1.807) is 19.1 Å². The van der Waals surface area contributed by atoms with Gasteiger partial charge in [-0.05, 0) is 49.3 Å². The predicted octanol–water partition coefficient (Wildman–Crippen LogP) is 4.77. The molecule has 1 N–H and O–H groups in total. The number of hydrogen-bond acceptors (Lipinski definition) is 5. The fraction of sp³-hybridized carbons (Fsp3) is 0.481. The topological polar surface area (TPSA) is 97.7 Å². The normalized spacial score (nSPS) is 28.5. The molecule has 0 bridgehead atoms. The lowest BCUT2D eigenvalue weighted by molar-refractivity contribution is -0.152. The van der Waals surface area contributed by atoms with E-state index in [4.69, 9.17) is 4.74 Å². The summed E-state index contributed by atoms with van der Waals surface area (Å²) >= 11 is 0. The van der Waals surface area contributed by atoms with Gasteiger partial charge in [-0.15, -0.1) is 0 Å². The van der Waals surface area contributed by atoms with E-state index < -0.39 is 35.3 Å². The van der Waals surface area contributed by atoms with Crippen molar-refractivity contribution in [1.29, 1.82) is 0 Å². The summed E-state index contributed by atoms with van der Waals surface area (Å²) in [7, 11) is 0. The Bertz CT molecular complexity index is 934. The van der Waals surface area contributed by atoms with Gasteiger partial charge in [-0.1, -0.05) is 63.6 Å². The van der Waals surface area contributed by atoms with Gasteiger partial charge in [0.1, 0.15) is 12.4 Å². The van der Waals surface area contributed by atoms with E-state index in [1.165, 1.54) is 12.2 Å². The minimum absolute atomic E-state index is 0.0808. The number of ether oxygens (including phenoxy) is 1. The maximum atomic E-state index is 12.8. The summed E-state index contributed by atoms with van der Waals surface area (Å²) in [4.78, 5) is 48.3. The van der Waals surface area contributed by atoms with Crippen molar-refractivity contribution in [2.24, 2.45) is 23.2 Å². The van der Waals surface area contributed by atoms with Gasteiger partial charge in [0.2, 0.25) is 0 Å². The zero-order valence-electron chi connectivity index (χ0n) is 19.9. The highest BCUT2D eigenvalue weighted by atomic mass is 16.5. The lowest BCUT2D eigenvalue weighted by Gasteiger charge is -2.45.